The van der Waals surface area contributed by atoms with Crippen LogP contribution in [0.3, 0.4) is 0 Å². The molecule has 0 aliphatic heterocycles. The molecule has 0 fully saturated rings. The minimum Gasteiger partial charge on any atom is -0.356 e. The van der Waals surface area contributed by atoms with Gasteiger partial charge in [-0.25, -0.2) is 0 Å². The summed E-state index contributed by atoms with van der Waals surface area (Å²) in [5, 5.41) is 4.65. The first kappa shape index (κ1) is 13.5. The van der Waals surface area contributed by atoms with Crippen LogP contribution in [0, 0.1) is 0 Å². The van der Waals surface area contributed by atoms with Crippen LogP contribution < -0.4 is 5.32 Å². The van der Waals surface area contributed by atoms with Gasteiger partial charge in [0.05, 0.1) is 0 Å². The van der Waals surface area contributed by atoms with Gasteiger partial charge in [-0.2, -0.15) is 0 Å². The maximum Gasteiger partial charge on any atom is 0.193 e. The summed E-state index contributed by atoms with van der Waals surface area (Å²) in [5.74, 6) is 0.928. The molecule has 2 aromatic rings. The van der Waals surface area contributed by atoms with Gasteiger partial charge in [-0.05, 0) is 23.9 Å². The van der Waals surface area contributed by atoms with Gasteiger partial charge in [-0.15, -0.1) is 0 Å². The maximum absolute atomic E-state index is 4.20. The molecule has 19 heavy (non-hydrogen) atoms. The predicted molar refractivity (Wildman–Crippen MR) is 81.6 cm³/mol. The minimum atomic E-state index is 0.928. The molecule has 1 aromatic carbocycles. The number of rotatable bonds is 4. The first-order valence-electron chi connectivity index (χ1n) is 6.64. The lowest BCUT2D eigenvalue weighted by atomic mass is 10.2. The molecule has 1 heterocycles. The average molecular weight is 258 g/mol. The van der Waals surface area contributed by atoms with Crippen molar-refractivity contribution in [1.29, 1.82) is 0 Å². The van der Waals surface area contributed by atoms with Crippen molar-refractivity contribution in [2.45, 2.75) is 13.0 Å². The minimum absolute atomic E-state index is 0.928. The molecule has 0 saturated heterocycles. The van der Waals surface area contributed by atoms with E-state index in [9.17, 15) is 0 Å². The highest BCUT2D eigenvalue weighted by Gasteiger charge is 2.01. The molecule has 1 aromatic heterocycles. The summed E-state index contributed by atoms with van der Waals surface area (Å²) in [6.07, 6.45) is 3.23. The second-order valence-corrected chi connectivity index (χ2v) is 4.79. The van der Waals surface area contributed by atoms with Crippen LogP contribution in [-0.2, 0) is 6.54 Å². The zero-order valence-electron chi connectivity index (χ0n) is 11.9. The third-order valence-electron chi connectivity index (χ3n) is 3.17. The first-order chi connectivity index (χ1) is 9.22. The number of aryl methyl sites for hydroxylation is 1. The average Bonchev–Trinajstić information content (AvgIpc) is 2.82. The monoisotopic (exact) mass is 258 g/mol. The van der Waals surface area contributed by atoms with E-state index in [1.54, 1.807) is 0 Å². The van der Waals surface area contributed by atoms with E-state index in [0.717, 1.165) is 25.5 Å². The number of guanidine groups is 1. The molecule has 4 nitrogen and oxygen atoms in total. The van der Waals surface area contributed by atoms with Crippen molar-refractivity contribution in [3.8, 4) is 0 Å². The third kappa shape index (κ3) is 3.28. The van der Waals surface area contributed by atoms with Gasteiger partial charge in [0.15, 0.2) is 5.96 Å². The first-order valence-corrected chi connectivity index (χ1v) is 6.64. The Bertz CT molecular complexity index is 554. The highest BCUT2D eigenvalue weighted by atomic mass is 15.3. The molecule has 0 unspecified atom stereocenters. The van der Waals surface area contributed by atoms with E-state index in [4.69, 9.17) is 0 Å². The highest BCUT2D eigenvalue weighted by Crippen LogP contribution is 2.15. The topological polar surface area (TPSA) is 32.6 Å². The van der Waals surface area contributed by atoms with Crippen molar-refractivity contribution < 1.29 is 0 Å². The fourth-order valence-corrected chi connectivity index (χ4v) is 2.22. The molecular weight excluding hydrogens is 236 g/mol. The number of nitrogens with one attached hydrogen (secondary N) is 1. The number of aliphatic imine (C=N–C) groups is 1. The summed E-state index contributed by atoms with van der Waals surface area (Å²) < 4.78 is 2.30. The van der Waals surface area contributed by atoms with E-state index in [1.165, 1.54) is 10.9 Å². The fourth-order valence-electron chi connectivity index (χ4n) is 2.22. The standard InChI is InChI=1S/C15H22N4/c1-16-15(18(2)3)17-10-6-11-19-12-9-13-7-4-5-8-14(13)19/h4-5,7-9,12H,6,10-11H2,1-3H3,(H,16,17). The van der Waals surface area contributed by atoms with Gasteiger partial charge in [-0.1, -0.05) is 18.2 Å². The van der Waals surface area contributed by atoms with Crippen molar-refractivity contribution in [2.75, 3.05) is 27.7 Å². The van der Waals surface area contributed by atoms with E-state index >= 15 is 0 Å². The highest BCUT2D eigenvalue weighted by molar-refractivity contribution is 5.80. The maximum atomic E-state index is 4.20. The Morgan fingerprint density at radius 1 is 1.26 bits per heavy atom. The van der Waals surface area contributed by atoms with E-state index in [0.29, 0.717) is 0 Å². The van der Waals surface area contributed by atoms with Crippen molar-refractivity contribution in [2.24, 2.45) is 4.99 Å². The number of benzene rings is 1. The summed E-state index contributed by atoms with van der Waals surface area (Å²) >= 11 is 0. The van der Waals surface area contributed by atoms with Crippen LogP contribution in [0.5, 0.6) is 0 Å². The predicted octanol–water partition coefficient (Wildman–Crippen LogP) is 2.17. The normalized spacial score (nSPS) is 11.8. The van der Waals surface area contributed by atoms with Crippen LogP contribution >= 0.6 is 0 Å². The molecule has 2 rings (SSSR count). The number of para-hydroxylation sites is 1. The Morgan fingerprint density at radius 2 is 2.05 bits per heavy atom. The van der Waals surface area contributed by atoms with Crippen LogP contribution in [0.15, 0.2) is 41.5 Å². The number of hydrogen-bond donors (Lipinski definition) is 1. The Hall–Kier alpha value is -1.97. The summed E-state index contributed by atoms with van der Waals surface area (Å²) in [7, 11) is 5.80. The smallest absolute Gasteiger partial charge is 0.193 e. The molecule has 0 aliphatic rings. The van der Waals surface area contributed by atoms with E-state index in [-0.39, 0.29) is 0 Å². The number of fused-ring (bicyclic) bond motifs is 1. The fraction of sp³-hybridized carbons (Fsp3) is 0.400. The molecule has 0 atom stereocenters. The Balaban J connectivity index is 1.86. The zero-order chi connectivity index (χ0) is 13.7. The van der Waals surface area contributed by atoms with Gasteiger partial charge in [0.2, 0.25) is 0 Å². The van der Waals surface area contributed by atoms with Crippen molar-refractivity contribution in [3.05, 3.63) is 36.5 Å². The largest absolute Gasteiger partial charge is 0.356 e. The van der Waals surface area contributed by atoms with Gasteiger partial charge in [-0.3, -0.25) is 4.99 Å². The molecule has 1 N–H and O–H groups in total. The summed E-state index contributed by atoms with van der Waals surface area (Å²) in [5.41, 5.74) is 1.31. The molecule has 0 amide bonds. The second kappa shape index (κ2) is 6.27. The van der Waals surface area contributed by atoms with Gasteiger partial charge in [0.25, 0.3) is 0 Å². The van der Waals surface area contributed by atoms with Crippen LogP contribution in [0.1, 0.15) is 6.42 Å². The lowest BCUT2D eigenvalue weighted by Crippen LogP contribution is -2.36. The van der Waals surface area contributed by atoms with Crippen molar-refractivity contribution in [3.63, 3.8) is 0 Å². The van der Waals surface area contributed by atoms with Gasteiger partial charge >= 0.3 is 0 Å². The van der Waals surface area contributed by atoms with E-state index in [1.807, 2.05) is 26.0 Å². The van der Waals surface area contributed by atoms with Crippen molar-refractivity contribution >= 4 is 16.9 Å². The molecular formula is C15H22N4. The summed E-state index contributed by atoms with van der Waals surface area (Å²) in [4.78, 5) is 6.19. The Labute approximate surface area is 114 Å². The lowest BCUT2D eigenvalue weighted by Gasteiger charge is -2.16. The van der Waals surface area contributed by atoms with Gasteiger partial charge in [0, 0.05) is 45.9 Å². The van der Waals surface area contributed by atoms with Crippen LogP contribution in [0.25, 0.3) is 10.9 Å². The molecule has 0 aliphatic carbocycles. The SMILES string of the molecule is CN=C(NCCCn1ccc2ccccc21)N(C)C. The summed E-state index contributed by atoms with van der Waals surface area (Å²) in [6, 6.07) is 10.7. The summed E-state index contributed by atoms with van der Waals surface area (Å²) in [6.45, 7) is 1.95. The van der Waals surface area contributed by atoms with E-state index in [2.05, 4.69) is 51.4 Å². The van der Waals surface area contributed by atoms with Crippen molar-refractivity contribution in [1.82, 2.24) is 14.8 Å². The number of nitrogens with zero attached hydrogens (tertiary/aromatic N) is 3. The Morgan fingerprint density at radius 3 is 2.79 bits per heavy atom. The quantitative estimate of drug-likeness (QED) is 0.518. The van der Waals surface area contributed by atoms with Gasteiger partial charge < -0.3 is 14.8 Å². The molecule has 0 radical (unpaired) electrons. The third-order valence-corrected chi connectivity index (χ3v) is 3.17. The van der Waals surface area contributed by atoms with Gasteiger partial charge in [0.1, 0.15) is 0 Å². The second-order valence-electron chi connectivity index (χ2n) is 4.79. The molecule has 102 valence electrons. The molecule has 0 spiro atoms. The van der Waals surface area contributed by atoms with E-state index < -0.39 is 0 Å². The number of aromatic nitrogens is 1. The van der Waals surface area contributed by atoms with Crippen LogP contribution in [0.2, 0.25) is 0 Å². The molecule has 0 bridgehead atoms. The van der Waals surface area contributed by atoms with Crippen LogP contribution in [0.4, 0.5) is 0 Å². The Kier molecular flexibility index (Phi) is 4.44. The molecule has 0 saturated carbocycles. The lowest BCUT2D eigenvalue weighted by molar-refractivity contribution is 0.567. The molecule has 4 heteroatoms. The van der Waals surface area contributed by atoms with Crippen LogP contribution in [-0.4, -0.2) is 43.1 Å². The zero-order valence-corrected chi connectivity index (χ0v) is 11.9. The number of hydrogen-bond acceptors (Lipinski definition) is 1.